The molecule has 0 bridgehead atoms. The summed E-state index contributed by atoms with van der Waals surface area (Å²) in [6, 6.07) is 0. The first kappa shape index (κ1) is 26.6. The molecule has 0 saturated carbocycles. The summed E-state index contributed by atoms with van der Waals surface area (Å²) in [5.41, 5.74) is 4.11. The zero-order valence-electron chi connectivity index (χ0n) is 18.7. The molecule has 4 heteroatoms. The Labute approximate surface area is 180 Å². The average molecular weight is 409 g/mol. The Kier molecular flexibility index (Phi) is 14.7. The zero-order chi connectivity index (χ0) is 22.8. The van der Waals surface area contributed by atoms with E-state index < -0.39 is 0 Å². The summed E-state index contributed by atoms with van der Waals surface area (Å²) < 4.78 is 9.10. The zero-order valence-corrected chi connectivity index (χ0v) is 18.7. The summed E-state index contributed by atoms with van der Waals surface area (Å²) in [4.78, 5) is 22.1. The second-order valence-corrected chi connectivity index (χ2v) is 6.46. The van der Waals surface area contributed by atoms with Crippen molar-refractivity contribution in [2.45, 2.75) is 27.7 Å². The first-order valence-electron chi connectivity index (χ1n) is 9.52. The topological polar surface area (TPSA) is 52.6 Å². The van der Waals surface area contributed by atoms with E-state index in [-0.39, 0.29) is 11.9 Å². The number of carbonyl (C=O) groups is 2. The molecule has 0 aromatic rings. The molecular weight excluding hydrogens is 376 g/mol. The molecule has 0 unspecified atom stereocenters. The van der Waals surface area contributed by atoms with Crippen LogP contribution in [0.2, 0.25) is 0 Å². The fraction of sp³-hybridized carbons (Fsp3) is 0.231. The van der Waals surface area contributed by atoms with Gasteiger partial charge in [-0.2, -0.15) is 0 Å². The lowest BCUT2D eigenvalue weighted by atomic mass is 10.2. The summed E-state index contributed by atoms with van der Waals surface area (Å²) in [5, 5.41) is 0. The quantitative estimate of drug-likeness (QED) is 0.257. The maximum atomic E-state index is 11.0. The largest absolute Gasteiger partial charge is 0.466 e. The van der Waals surface area contributed by atoms with Gasteiger partial charge in [-0.15, -0.1) is 0 Å². The van der Waals surface area contributed by atoms with Gasteiger partial charge in [0, 0.05) is 12.2 Å². The fourth-order valence-electron chi connectivity index (χ4n) is 1.88. The van der Waals surface area contributed by atoms with E-state index in [4.69, 9.17) is 0 Å². The van der Waals surface area contributed by atoms with Crippen molar-refractivity contribution in [2.24, 2.45) is 0 Å². The van der Waals surface area contributed by atoms with Gasteiger partial charge in [0.15, 0.2) is 0 Å². The molecule has 0 spiro atoms. The highest BCUT2D eigenvalue weighted by molar-refractivity contribution is 5.82. The van der Waals surface area contributed by atoms with Crippen LogP contribution in [0.5, 0.6) is 0 Å². The van der Waals surface area contributed by atoms with Gasteiger partial charge < -0.3 is 9.47 Å². The predicted octanol–water partition coefficient (Wildman–Crippen LogP) is 5.90. The number of ether oxygens (including phenoxy) is 2. The second-order valence-electron chi connectivity index (χ2n) is 6.46. The van der Waals surface area contributed by atoms with E-state index in [1.165, 1.54) is 26.4 Å². The Morgan fingerprint density at radius 3 is 1.10 bits per heavy atom. The third kappa shape index (κ3) is 15.6. The van der Waals surface area contributed by atoms with Crippen LogP contribution in [0.4, 0.5) is 0 Å². The summed E-state index contributed by atoms with van der Waals surface area (Å²) >= 11 is 0. The lowest BCUT2D eigenvalue weighted by Crippen LogP contribution is -1.93. The minimum Gasteiger partial charge on any atom is -0.466 e. The van der Waals surface area contributed by atoms with Crippen LogP contribution in [0.1, 0.15) is 27.7 Å². The fourth-order valence-corrected chi connectivity index (χ4v) is 1.88. The maximum Gasteiger partial charge on any atom is 0.330 e. The molecule has 0 radical (unpaired) electrons. The van der Waals surface area contributed by atoms with Gasteiger partial charge in [0.1, 0.15) is 0 Å². The molecule has 0 heterocycles. The van der Waals surface area contributed by atoms with Crippen LogP contribution < -0.4 is 0 Å². The standard InChI is InChI=1S/C26H32O4/c1-21(13-9-15-23(3)17-19-25(27)29-5)11-7-8-12-22(2)14-10-16-24(4)18-20-26(28)30-6/h7-20H,1-6H3/b8-7+,13-9+,14-10+,19-17+,20-18+,21-11-,22-12-,23-15-,24-16+. The molecule has 0 saturated heterocycles. The number of methoxy groups -OCH3 is 2. The van der Waals surface area contributed by atoms with Crippen LogP contribution in [-0.2, 0) is 19.1 Å². The molecule has 0 amide bonds. The van der Waals surface area contributed by atoms with Gasteiger partial charge in [-0.3, -0.25) is 0 Å². The number of esters is 2. The van der Waals surface area contributed by atoms with Crippen LogP contribution >= 0.6 is 0 Å². The van der Waals surface area contributed by atoms with Gasteiger partial charge in [-0.25, -0.2) is 9.59 Å². The monoisotopic (exact) mass is 408 g/mol. The third-order valence-electron chi connectivity index (χ3n) is 3.63. The Balaban J connectivity index is 4.68. The van der Waals surface area contributed by atoms with Crippen LogP contribution in [0.3, 0.4) is 0 Å². The van der Waals surface area contributed by atoms with Gasteiger partial charge in [0.25, 0.3) is 0 Å². The van der Waals surface area contributed by atoms with Crippen molar-refractivity contribution in [3.63, 3.8) is 0 Å². The SMILES string of the molecule is COC(=O)/C=C/C(C)=C\C=C\C(C)=C/C=C/C=C(C)\C=C\C=C(C)\C=C\C(=O)OC. The molecule has 0 aromatic heterocycles. The van der Waals surface area contributed by atoms with Crippen molar-refractivity contribution in [2.75, 3.05) is 14.2 Å². The molecule has 0 rings (SSSR count). The third-order valence-corrected chi connectivity index (χ3v) is 3.63. The average Bonchev–Trinajstić information content (AvgIpc) is 2.73. The van der Waals surface area contributed by atoms with Crippen molar-refractivity contribution in [3.8, 4) is 0 Å². The number of hydrogen-bond donors (Lipinski definition) is 0. The van der Waals surface area contributed by atoms with E-state index in [0.29, 0.717) is 0 Å². The van der Waals surface area contributed by atoms with E-state index in [1.54, 1.807) is 12.2 Å². The van der Waals surface area contributed by atoms with Crippen LogP contribution in [0.15, 0.2) is 107 Å². The molecule has 0 fully saturated rings. The smallest absolute Gasteiger partial charge is 0.330 e. The minimum atomic E-state index is -0.368. The summed E-state index contributed by atoms with van der Waals surface area (Å²) in [6.07, 6.45) is 25.9. The molecule has 0 N–H and O–H groups in total. The summed E-state index contributed by atoms with van der Waals surface area (Å²) in [6.45, 7) is 7.85. The summed E-state index contributed by atoms with van der Waals surface area (Å²) in [5.74, 6) is -0.736. The van der Waals surface area contributed by atoms with Crippen LogP contribution in [0, 0.1) is 0 Å². The first-order chi connectivity index (χ1) is 14.3. The lowest BCUT2D eigenvalue weighted by molar-refractivity contribution is -0.135. The Morgan fingerprint density at radius 2 is 0.767 bits per heavy atom. The van der Waals surface area contributed by atoms with E-state index in [1.807, 2.05) is 88.5 Å². The molecule has 0 aliphatic rings. The molecule has 4 nitrogen and oxygen atoms in total. The van der Waals surface area contributed by atoms with Gasteiger partial charge in [0.2, 0.25) is 0 Å². The number of allylic oxidation sites excluding steroid dienone is 16. The highest BCUT2D eigenvalue weighted by atomic mass is 16.5. The van der Waals surface area contributed by atoms with Gasteiger partial charge in [0.05, 0.1) is 14.2 Å². The predicted molar refractivity (Wildman–Crippen MR) is 125 cm³/mol. The minimum absolute atomic E-state index is 0.368. The van der Waals surface area contributed by atoms with Crippen molar-refractivity contribution in [1.29, 1.82) is 0 Å². The molecule has 0 aromatic carbocycles. The molecular formula is C26H32O4. The van der Waals surface area contributed by atoms with E-state index >= 15 is 0 Å². The van der Waals surface area contributed by atoms with Crippen molar-refractivity contribution in [1.82, 2.24) is 0 Å². The molecule has 0 aliphatic heterocycles. The van der Waals surface area contributed by atoms with E-state index in [2.05, 4.69) is 9.47 Å². The molecule has 0 aliphatic carbocycles. The Morgan fingerprint density at radius 1 is 0.467 bits per heavy atom. The van der Waals surface area contributed by atoms with Crippen molar-refractivity contribution in [3.05, 3.63) is 107 Å². The van der Waals surface area contributed by atoms with Crippen LogP contribution in [-0.4, -0.2) is 26.2 Å². The first-order valence-corrected chi connectivity index (χ1v) is 9.52. The number of hydrogen-bond acceptors (Lipinski definition) is 4. The Bertz CT molecular complexity index is 768. The van der Waals surface area contributed by atoms with Crippen molar-refractivity contribution >= 4 is 11.9 Å². The Hall–Kier alpha value is -3.40. The highest BCUT2D eigenvalue weighted by Crippen LogP contribution is 2.02. The van der Waals surface area contributed by atoms with Gasteiger partial charge in [-0.1, -0.05) is 95.2 Å². The maximum absolute atomic E-state index is 11.0. The molecule has 30 heavy (non-hydrogen) atoms. The van der Waals surface area contributed by atoms with Gasteiger partial charge >= 0.3 is 11.9 Å². The molecule has 0 atom stereocenters. The van der Waals surface area contributed by atoms with E-state index in [9.17, 15) is 9.59 Å². The molecule has 160 valence electrons. The highest BCUT2D eigenvalue weighted by Gasteiger charge is 1.90. The second kappa shape index (κ2) is 16.5. The van der Waals surface area contributed by atoms with Gasteiger partial charge in [-0.05, 0) is 27.7 Å². The van der Waals surface area contributed by atoms with E-state index in [0.717, 1.165) is 22.3 Å². The summed E-state index contributed by atoms with van der Waals surface area (Å²) in [7, 11) is 2.71. The normalized spacial score (nSPS) is 14.7. The van der Waals surface area contributed by atoms with Crippen molar-refractivity contribution < 1.29 is 19.1 Å². The van der Waals surface area contributed by atoms with Crippen LogP contribution in [0.25, 0.3) is 0 Å². The lowest BCUT2D eigenvalue weighted by Gasteiger charge is -1.92. The number of carbonyl (C=O) groups excluding carboxylic acids is 2. The number of rotatable bonds is 10.